The van der Waals surface area contributed by atoms with E-state index < -0.39 is 5.97 Å². The van der Waals surface area contributed by atoms with Gasteiger partial charge < -0.3 is 15.3 Å². The van der Waals surface area contributed by atoms with E-state index in [-0.39, 0.29) is 11.8 Å². The third-order valence-electron chi connectivity index (χ3n) is 4.14. The number of carbonyl (C=O) groups is 2. The van der Waals surface area contributed by atoms with Gasteiger partial charge in [-0.1, -0.05) is 12.8 Å². The Hall–Kier alpha value is -1.10. The van der Waals surface area contributed by atoms with E-state index in [1.54, 1.807) is 4.90 Å². The molecule has 1 saturated carbocycles. The molecule has 1 saturated heterocycles. The van der Waals surface area contributed by atoms with E-state index in [2.05, 4.69) is 5.32 Å². The Morgan fingerprint density at radius 2 is 1.84 bits per heavy atom. The number of likely N-dealkylation sites (tertiary alicyclic amines) is 1. The topological polar surface area (TPSA) is 69.6 Å². The third kappa shape index (κ3) is 4.82. The second-order valence-electron chi connectivity index (χ2n) is 5.76. The first-order valence-electron chi connectivity index (χ1n) is 7.38. The van der Waals surface area contributed by atoms with Gasteiger partial charge in [0.2, 0.25) is 5.91 Å². The molecule has 0 unspecified atom stereocenters. The Morgan fingerprint density at radius 1 is 1.16 bits per heavy atom. The maximum atomic E-state index is 11.9. The number of nitrogens with zero attached hydrogens (tertiary/aromatic N) is 1. The second kappa shape index (κ2) is 6.89. The molecule has 2 rings (SSSR count). The molecule has 0 spiro atoms. The fourth-order valence-corrected chi connectivity index (χ4v) is 2.61. The van der Waals surface area contributed by atoms with Gasteiger partial charge in [-0.2, -0.15) is 0 Å². The quantitative estimate of drug-likeness (QED) is 0.678. The fourth-order valence-electron chi connectivity index (χ4n) is 2.61. The van der Waals surface area contributed by atoms with Gasteiger partial charge in [0.15, 0.2) is 0 Å². The number of piperidine rings is 1. The SMILES string of the molecule is O=C(O)C1CCN(C(=O)CNCCCC2CC2)CC1. The van der Waals surface area contributed by atoms with E-state index in [9.17, 15) is 9.59 Å². The lowest BCUT2D eigenvalue weighted by atomic mass is 9.97. The maximum Gasteiger partial charge on any atom is 0.306 e. The van der Waals surface area contributed by atoms with Crippen molar-refractivity contribution in [3.05, 3.63) is 0 Å². The van der Waals surface area contributed by atoms with E-state index in [4.69, 9.17) is 5.11 Å². The summed E-state index contributed by atoms with van der Waals surface area (Å²) in [4.78, 5) is 24.5. The van der Waals surface area contributed by atoms with E-state index >= 15 is 0 Å². The van der Waals surface area contributed by atoms with Gasteiger partial charge in [-0.15, -0.1) is 0 Å². The summed E-state index contributed by atoms with van der Waals surface area (Å²) in [5, 5.41) is 12.1. The molecular weight excluding hydrogens is 244 g/mol. The summed E-state index contributed by atoms with van der Waals surface area (Å²) >= 11 is 0. The summed E-state index contributed by atoms with van der Waals surface area (Å²) in [6.07, 6.45) is 6.38. The van der Waals surface area contributed by atoms with Crippen LogP contribution in [0.25, 0.3) is 0 Å². The summed E-state index contributed by atoms with van der Waals surface area (Å²) in [6, 6.07) is 0. The minimum absolute atomic E-state index is 0.107. The lowest BCUT2D eigenvalue weighted by Crippen LogP contribution is -2.44. The van der Waals surface area contributed by atoms with Crippen LogP contribution >= 0.6 is 0 Å². The van der Waals surface area contributed by atoms with Gasteiger partial charge in [0.25, 0.3) is 0 Å². The number of amides is 1. The van der Waals surface area contributed by atoms with Crippen molar-refractivity contribution in [1.29, 1.82) is 0 Å². The number of aliphatic carboxylic acids is 1. The molecule has 0 atom stereocenters. The van der Waals surface area contributed by atoms with Crippen molar-refractivity contribution in [3.63, 3.8) is 0 Å². The summed E-state index contributed by atoms with van der Waals surface area (Å²) in [5.41, 5.74) is 0. The first-order chi connectivity index (χ1) is 9.16. The Kier molecular flexibility index (Phi) is 5.19. The lowest BCUT2D eigenvalue weighted by molar-refractivity contribution is -0.145. The zero-order chi connectivity index (χ0) is 13.7. The molecule has 2 fully saturated rings. The van der Waals surface area contributed by atoms with Crippen LogP contribution in [0, 0.1) is 11.8 Å². The molecule has 1 aliphatic heterocycles. The van der Waals surface area contributed by atoms with E-state index in [0.717, 1.165) is 18.9 Å². The van der Waals surface area contributed by atoms with Crippen LogP contribution in [-0.2, 0) is 9.59 Å². The van der Waals surface area contributed by atoms with Gasteiger partial charge in [0, 0.05) is 13.1 Å². The average molecular weight is 268 g/mol. The van der Waals surface area contributed by atoms with Crippen molar-refractivity contribution in [2.75, 3.05) is 26.2 Å². The molecule has 1 aliphatic carbocycles. The Balaban J connectivity index is 1.54. The van der Waals surface area contributed by atoms with Crippen molar-refractivity contribution < 1.29 is 14.7 Å². The van der Waals surface area contributed by atoms with Crippen LogP contribution in [0.5, 0.6) is 0 Å². The van der Waals surface area contributed by atoms with E-state index in [1.807, 2.05) is 0 Å². The van der Waals surface area contributed by atoms with Gasteiger partial charge in [0.1, 0.15) is 0 Å². The summed E-state index contributed by atoms with van der Waals surface area (Å²) in [6.45, 7) is 2.47. The van der Waals surface area contributed by atoms with Crippen molar-refractivity contribution in [2.24, 2.45) is 11.8 Å². The van der Waals surface area contributed by atoms with Gasteiger partial charge in [-0.05, 0) is 38.1 Å². The smallest absolute Gasteiger partial charge is 0.306 e. The Morgan fingerprint density at radius 3 is 2.42 bits per heavy atom. The molecular formula is C14H24N2O3. The number of nitrogens with one attached hydrogen (secondary N) is 1. The Bertz CT molecular complexity index is 321. The normalized spacial score (nSPS) is 20.5. The molecule has 0 aromatic rings. The highest BCUT2D eigenvalue weighted by Gasteiger charge is 2.26. The molecule has 0 aromatic carbocycles. The highest BCUT2D eigenvalue weighted by atomic mass is 16.4. The van der Waals surface area contributed by atoms with Crippen molar-refractivity contribution in [1.82, 2.24) is 10.2 Å². The van der Waals surface area contributed by atoms with Crippen LogP contribution < -0.4 is 5.32 Å². The molecule has 0 radical (unpaired) electrons. The maximum absolute atomic E-state index is 11.9. The molecule has 5 heteroatoms. The number of hydrogen-bond acceptors (Lipinski definition) is 3. The highest BCUT2D eigenvalue weighted by molar-refractivity contribution is 5.78. The molecule has 2 N–H and O–H groups in total. The largest absolute Gasteiger partial charge is 0.481 e. The van der Waals surface area contributed by atoms with E-state index in [1.165, 1.54) is 19.3 Å². The first-order valence-corrected chi connectivity index (χ1v) is 7.38. The zero-order valence-electron chi connectivity index (χ0n) is 11.4. The second-order valence-corrected chi connectivity index (χ2v) is 5.76. The Labute approximate surface area is 114 Å². The van der Waals surface area contributed by atoms with Crippen LogP contribution in [0.1, 0.15) is 38.5 Å². The molecule has 5 nitrogen and oxygen atoms in total. The predicted octanol–water partition coefficient (Wildman–Crippen LogP) is 1.09. The summed E-state index contributed by atoms with van der Waals surface area (Å²) in [5.74, 6) is 0.0589. The lowest BCUT2D eigenvalue weighted by Gasteiger charge is -2.30. The van der Waals surface area contributed by atoms with E-state index in [0.29, 0.717) is 32.5 Å². The van der Waals surface area contributed by atoms with Crippen molar-refractivity contribution >= 4 is 11.9 Å². The molecule has 1 amide bonds. The number of hydrogen-bond donors (Lipinski definition) is 2. The fraction of sp³-hybridized carbons (Fsp3) is 0.857. The van der Waals surface area contributed by atoms with Gasteiger partial charge in [0.05, 0.1) is 12.5 Å². The minimum Gasteiger partial charge on any atom is -0.481 e. The molecule has 108 valence electrons. The minimum atomic E-state index is -0.731. The zero-order valence-corrected chi connectivity index (χ0v) is 11.4. The number of rotatable bonds is 7. The number of carboxylic acids is 1. The first kappa shape index (κ1) is 14.3. The van der Waals surface area contributed by atoms with Crippen LogP contribution in [0.2, 0.25) is 0 Å². The number of carboxylic acid groups (broad SMARTS) is 1. The van der Waals surface area contributed by atoms with Crippen LogP contribution in [0.4, 0.5) is 0 Å². The number of carbonyl (C=O) groups excluding carboxylic acids is 1. The standard InChI is InChI=1S/C14H24N2O3/c17-13(10-15-7-1-2-11-3-4-11)16-8-5-12(6-9-16)14(18)19/h11-12,15H,1-10H2,(H,18,19). The molecule has 0 bridgehead atoms. The van der Waals surface area contributed by atoms with Gasteiger partial charge in [-0.3, -0.25) is 9.59 Å². The molecule has 1 heterocycles. The van der Waals surface area contributed by atoms with Crippen LogP contribution in [0.15, 0.2) is 0 Å². The molecule has 19 heavy (non-hydrogen) atoms. The predicted molar refractivity (Wildman–Crippen MR) is 71.8 cm³/mol. The van der Waals surface area contributed by atoms with Crippen molar-refractivity contribution in [3.8, 4) is 0 Å². The summed E-state index contributed by atoms with van der Waals surface area (Å²) in [7, 11) is 0. The van der Waals surface area contributed by atoms with Gasteiger partial charge >= 0.3 is 5.97 Å². The average Bonchev–Trinajstić information content (AvgIpc) is 3.22. The van der Waals surface area contributed by atoms with Crippen molar-refractivity contribution in [2.45, 2.75) is 38.5 Å². The molecule has 2 aliphatic rings. The highest BCUT2D eigenvalue weighted by Crippen LogP contribution is 2.33. The monoisotopic (exact) mass is 268 g/mol. The summed E-state index contributed by atoms with van der Waals surface area (Å²) < 4.78 is 0. The van der Waals surface area contributed by atoms with Gasteiger partial charge in [-0.25, -0.2) is 0 Å². The molecule has 0 aromatic heterocycles. The van der Waals surface area contributed by atoms with Crippen LogP contribution in [0.3, 0.4) is 0 Å². The third-order valence-corrected chi connectivity index (χ3v) is 4.14. The van der Waals surface area contributed by atoms with Crippen LogP contribution in [-0.4, -0.2) is 48.1 Å².